The van der Waals surface area contributed by atoms with Crippen LogP contribution in [0, 0.1) is 6.92 Å². The molecule has 2 aromatic rings. The fraction of sp³-hybridized carbons (Fsp3) is 0.263. The van der Waals surface area contributed by atoms with Gasteiger partial charge < -0.3 is 20.1 Å². The highest BCUT2D eigenvalue weighted by molar-refractivity contribution is 7.19. The summed E-state index contributed by atoms with van der Waals surface area (Å²) in [5.74, 6) is -3.52. The fourth-order valence-corrected chi connectivity index (χ4v) is 3.81. The van der Waals surface area contributed by atoms with Crippen molar-refractivity contribution in [2.24, 2.45) is 0 Å². The van der Waals surface area contributed by atoms with Gasteiger partial charge in [0, 0.05) is 5.02 Å². The molecule has 11 heteroatoms. The predicted molar refractivity (Wildman–Crippen MR) is 115 cm³/mol. The minimum absolute atomic E-state index is 0.00801. The molecule has 0 saturated carbocycles. The Balaban J connectivity index is 2.41. The number of hydrogen-bond acceptors (Lipinski definition) is 7. The minimum Gasteiger partial charge on any atom is -0.462 e. The van der Waals surface area contributed by atoms with Crippen molar-refractivity contribution in [3.8, 4) is 0 Å². The van der Waals surface area contributed by atoms with Gasteiger partial charge in [-0.3, -0.25) is 9.59 Å². The Morgan fingerprint density at radius 1 is 1.03 bits per heavy atom. The van der Waals surface area contributed by atoms with Gasteiger partial charge in [-0.1, -0.05) is 23.2 Å². The SMILES string of the molecule is CCOC(=O)C(=O)Nc1sc(C(=O)Nc2cc(Cl)ccc2Cl)c(C)c1C(=O)OCC. The summed E-state index contributed by atoms with van der Waals surface area (Å²) in [5, 5.41) is 5.55. The van der Waals surface area contributed by atoms with E-state index in [9.17, 15) is 19.2 Å². The molecule has 2 rings (SSSR count). The third-order valence-corrected chi connectivity index (χ3v) is 5.47. The summed E-state index contributed by atoms with van der Waals surface area (Å²) in [6, 6.07) is 4.56. The van der Waals surface area contributed by atoms with Crippen LogP contribution in [-0.2, 0) is 19.1 Å². The van der Waals surface area contributed by atoms with Crippen molar-refractivity contribution >= 4 is 69.0 Å². The van der Waals surface area contributed by atoms with E-state index in [2.05, 4.69) is 15.4 Å². The van der Waals surface area contributed by atoms with Crippen molar-refractivity contribution in [3.05, 3.63) is 44.2 Å². The third kappa shape index (κ3) is 5.50. The Labute approximate surface area is 186 Å². The first kappa shape index (κ1) is 23.7. The molecule has 0 aliphatic heterocycles. The van der Waals surface area contributed by atoms with Crippen LogP contribution >= 0.6 is 34.5 Å². The molecule has 2 amide bonds. The monoisotopic (exact) mass is 472 g/mol. The second-order valence-electron chi connectivity index (χ2n) is 5.73. The molecule has 0 aliphatic carbocycles. The van der Waals surface area contributed by atoms with Crippen LogP contribution in [0.1, 0.15) is 39.4 Å². The summed E-state index contributed by atoms with van der Waals surface area (Å²) < 4.78 is 9.66. The van der Waals surface area contributed by atoms with E-state index in [0.717, 1.165) is 11.3 Å². The first-order valence-electron chi connectivity index (χ1n) is 8.74. The Bertz CT molecular complexity index is 1010. The molecule has 0 spiro atoms. The zero-order valence-electron chi connectivity index (χ0n) is 16.3. The zero-order valence-corrected chi connectivity index (χ0v) is 18.6. The van der Waals surface area contributed by atoms with E-state index in [1.54, 1.807) is 19.9 Å². The van der Waals surface area contributed by atoms with Gasteiger partial charge >= 0.3 is 17.8 Å². The number of halogens is 2. The second kappa shape index (κ2) is 10.4. The lowest BCUT2D eigenvalue weighted by molar-refractivity contribution is -0.152. The number of benzene rings is 1. The third-order valence-electron chi connectivity index (χ3n) is 3.70. The maximum Gasteiger partial charge on any atom is 0.397 e. The molecule has 30 heavy (non-hydrogen) atoms. The molecule has 1 aromatic heterocycles. The number of carbonyl (C=O) groups excluding carboxylic acids is 4. The van der Waals surface area contributed by atoms with Gasteiger partial charge in [0.15, 0.2) is 0 Å². The van der Waals surface area contributed by atoms with Gasteiger partial charge in [-0.25, -0.2) is 9.59 Å². The van der Waals surface area contributed by atoms with Crippen LogP contribution in [0.3, 0.4) is 0 Å². The highest BCUT2D eigenvalue weighted by Gasteiger charge is 2.28. The van der Waals surface area contributed by atoms with Crippen molar-refractivity contribution in [2.45, 2.75) is 20.8 Å². The van der Waals surface area contributed by atoms with E-state index >= 15 is 0 Å². The molecule has 160 valence electrons. The number of amides is 2. The lowest BCUT2D eigenvalue weighted by atomic mass is 10.1. The number of thiophene rings is 1. The molecule has 0 aliphatic rings. The Hall–Kier alpha value is -2.62. The maximum absolute atomic E-state index is 12.8. The molecular formula is C19H18Cl2N2O6S. The van der Waals surface area contributed by atoms with Gasteiger partial charge in [-0.2, -0.15) is 0 Å². The van der Waals surface area contributed by atoms with E-state index in [1.165, 1.54) is 19.1 Å². The normalized spacial score (nSPS) is 10.3. The van der Waals surface area contributed by atoms with Crippen molar-refractivity contribution in [1.29, 1.82) is 0 Å². The molecule has 8 nitrogen and oxygen atoms in total. The molecule has 0 saturated heterocycles. The summed E-state index contributed by atoms with van der Waals surface area (Å²) in [7, 11) is 0. The van der Waals surface area contributed by atoms with Gasteiger partial charge in [0.25, 0.3) is 5.91 Å². The highest BCUT2D eigenvalue weighted by Crippen LogP contribution is 2.35. The number of esters is 2. The van der Waals surface area contributed by atoms with Crippen LogP contribution in [0.2, 0.25) is 10.0 Å². The van der Waals surface area contributed by atoms with Crippen molar-refractivity contribution in [1.82, 2.24) is 0 Å². The first-order chi connectivity index (χ1) is 14.2. The average molecular weight is 473 g/mol. The van der Waals surface area contributed by atoms with Crippen LogP contribution < -0.4 is 10.6 Å². The average Bonchev–Trinajstić information content (AvgIpc) is 3.01. The predicted octanol–water partition coefficient (Wildman–Crippen LogP) is 4.29. The molecule has 0 unspecified atom stereocenters. The lowest BCUT2D eigenvalue weighted by Gasteiger charge is -2.07. The van der Waals surface area contributed by atoms with Crippen molar-refractivity contribution in [2.75, 3.05) is 23.8 Å². The molecule has 1 heterocycles. The standard InChI is InChI=1S/C19H18Cl2N2O6S/c1-4-28-18(26)13-9(3)14(30-17(13)23-16(25)19(27)29-5-2)15(24)22-12-8-10(20)6-7-11(12)21/h6-8H,4-5H2,1-3H3,(H,22,24)(H,23,25). The molecule has 0 radical (unpaired) electrons. The second-order valence-corrected chi connectivity index (χ2v) is 7.60. The molecule has 0 bridgehead atoms. The summed E-state index contributed by atoms with van der Waals surface area (Å²) in [6.07, 6.45) is 0. The lowest BCUT2D eigenvalue weighted by Crippen LogP contribution is -2.25. The van der Waals surface area contributed by atoms with Gasteiger partial charge in [0.1, 0.15) is 5.00 Å². The molecule has 0 fully saturated rings. The van der Waals surface area contributed by atoms with Crippen LogP contribution in [0.25, 0.3) is 0 Å². The number of anilines is 2. The number of rotatable bonds is 6. The molecular weight excluding hydrogens is 455 g/mol. The number of carbonyl (C=O) groups is 4. The van der Waals surface area contributed by atoms with E-state index in [4.69, 9.17) is 27.9 Å². The van der Waals surface area contributed by atoms with Crippen LogP contribution in [0.15, 0.2) is 18.2 Å². The summed E-state index contributed by atoms with van der Waals surface area (Å²) >= 11 is 12.8. The molecule has 0 atom stereocenters. The smallest absolute Gasteiger partial charge is 0.397 e. The van der Waals surface area contributed by atoms with E-state index in [0.29, 0.717) is 5.02 Å². The topological polar surface area (TPSA) is 111 Å². The Morgan fingerprint density at radius 2 is 1.70 bits per heavy atom. The van der Waals surface area contributed by atoms with Crippen LogP contribution in [-0.4, -0.2) is 37.0 Å². The Morgan fingerprint density at radius 3 is 2.33 bits per heavy atom. The minimum atomic E-state index is -1.12. The molecule has 1 aromatic carbocycles. The van der Waals surface area contributed by atoms with Crippen LogP contribution in [0.5, 0.6) is 0 Å². The maximum atomic E-state index is 12.8. The summed E-state index contributed by atoms with van der Waals surface area (Å²) in [6.45, 7) is 4.78. The van der Waals surface area contributed by atoms with Gasteiger partial charge in [-0.05, 0) is 44.5 Å². The van der Waals surface area contributed by atoms with E-state index < -0.39 is 23.8 Å². The number of ether oxygens (including phenoxy) is 2. The zero-order chi connectivity index (χ0) is 22.4. The van der Waals surface area contributed by atoms with Crippen molar-refractivity contribution in [3.63, 3.8) is 0 Å². The quantitative estimate of drug-likeness (QED) is 0.478. The summed E-state index contributed by atoms with van der Waals surface area (Å²) in [5.41, 5.74) is 0.520. The van der Waals surface area contributed by atoms with E-state index in [1.807, 2.05) is 0 Å². The van der Waals surface area contributed by atoms with Gasteiger partial charge in [-0.15, -0.1) is 11.3 Å². The van der Waals surface area contributed by atoms with Crippen LogP contribution in [0.4, 0.5) is 10.7 Å². The van der Waals surface area contributed by atoms with Gasteiger partial charge in [0.2, 0.25) is 0 Å². The largest absolute Gasteiger partial charge is 0.462 e. The number of nitrogens with one attached hydrogen (secondary N) is 2. The van der Waals surface area contributed by atoms with Crippen molar-refractivity contribution < 1.29 is 28.7 Å². The van der Waals surface area contributed by atoms with Gasteiger partial charge in [0.05, 0.1) is 34.4 Å². The number of hydrogen-bond donors (Lipinski definition) is 2. The first-order valence-corrected chi connectivity index (χ1v) is 10.3. The van der Waals surface area contributed by atoms with E-state index in [-0.39, 0.29) is 44.9 Å². The molecule has 2 N–H and O–H groups in total. The fourth-order valence-electron chi connectivity index (χ4n) is 2.39. The Kier molecular flexibility index (Phi) is 8.22. The summed E-state index contributed by atoms with van der Waals surface area (Å²) in [4.78, 5) is 49.0. The highest BCUT2D eigenvalue weighted by atomic mass is 35.5.